The molecular formula is C7H13NO3. The monoisotopic (exact) mass is 159 g/mol. The van der Waals surface area contributed by atoms with E-state index in [9.17, 15) is 0 Å². The number of rotatable bonds is 2. The van der Waals surface area contributed by atoms with Gasteiger partial charge >= 0.3 is 0 Å². The van der Waals surface area contributed by atoms with Crippen molar-refractivity contribution in [3.8, 4) is 0 Å². The largest absolute Gasteiger partial charge is 0.411 e. The van der Waals surface area contributed by atoms with Gasteiger partial charge in [-0.2, -0.15) is 0 Å². The Labute approximate surface area is 65.8 Å². The molecule has 64 valence electrons. The summed E-state index contributed by atoms with van der Waals surface area (Å²) in [5.74, 6) is -0.755. The molecule has 0 saturated heterocycles. The zero-order valence-corrected chi connectivity index (χ0v) is 6.83. The number of hydrogen-bond acceptors (Lipinski definition) is 4. The van der Waals surface area contributed by atoms with Crippen LogP contribution in [0.3, 0.4) is 0 Å². The predicted octanol–water partition coefficient (Wildman–Crippen LogP) is 0.990. The molecular weight excluding hydrogens is 146 g/mol. The van der Waals surface area contributed by atoms with E-state index in [1.54, 1.807) is 14.2 Å². The fourth-order valence-corrected chi connectivity index (χ4v) is 1.47. The summed E-state index contributed by atoms with van der Waals surface area (Å²) in [6, 6.07) is 0. The van der Waals surface area contributed by atoms with Gasteiger partial charge in [0.2, 0.25) is 5.79 Å². The Balaban J connectivity index is 2.81. The smallest absolute Gasteiger partial charge is 0.211 e. The molecule has 11 heavy (non-hydrogen) atoms. The van der Waals surface area contributed by atoms with Gasteiger partial charge in [0.15, 0.2) is 0 Å². The van der Waals surface area contributed by atoms with Crippen LogP contribution < -0.4 is 0 Å². The summed E-state index contributed by atoms with van der Waals surface area (Å²) in [6.07, 6.45) is 2.46. The molecule has 0 bridgehead atoms. The Kier molecular flexibility index (Phi) is 2.46. The van der Waals surface area contributed by atoms with Crippen molar-refractivity contribution in [2.45, 2.75) is 25.0 Å². The maximum Gasteiger partial charge on any atom is 0.211 e. The lowest BCUT2D eigenvalue weighted by atomic mass is 10.2. The van der Waals surface area contributed by atoms with Crippen molar-refractivity contribution in [1.29, 1.82) is 0 Å². The molecule has 4 nitrogen and oxygen atoms in total. The molecule has 0 amide bonds. The van der Waals surface area contributed by atoms with Crippen molar-refractivity contribution in [2.75, 3.05) is 14.2 Å². The molecule has 1 fully saturated rings. The summed E-state index contributed by atoms with van der Waals surface area (Å²) in [5, 5.41) is 11.7. The SMILES string of the molecule is COC1(OC)CCCC1=NO. The van der Waals surface area contributed by atoms with Crippen LogP contribution in [0.1, 0.15) is 19.3 Å². The van der Waals surface area contributed by atoms with E-state index in [2.05, 4.69) is 5.16 Å². The normalized spacial score (nSPS) is 26.2. The average molecular weight is 159 g/mol. The van der Waals surface area contributed by atoms with E-state index in [-0.39, 0.29) is 0 Å². The molecule has 1 N–H and O–H groups in total. The lowest BCUT2D eigenvalue weighted by Crippen LogP contribution is -2.38. The summed E-state index contributed by atoms with van der Waals surface area (Å²) in [6.45, 7) is 0. The molecule has 0 aliphatic heterocycles. The first-order valence-electron chi connectivity index (χ1n) is 3.61. The van der Waals surface area contributed by atoms with Crippen molar-refractivity contribution in [2.24, 2.45) is 5.16 Å². The van der Waals surface area contributed by atoms with E-state index in [4.69, 9.17) is 14.7 Å². The van der Waals surface area contributed by atoms with Gasteiger partial charge < -0.3 is 14.7 Å². The molecule has 0 atom stereocenters. The first-order valence-corrected chi connectivity index (χ1v) is 3.61. The number of oxime groups is 1. The number of hydrogen-bond donors (Lipinski definition) is 1. The number of methoxy groups -OCH3 is 2. The summed E-state index contributed by atoms with van der Waals surface area (Å²) in [7, 11) is 3.11. The van der Waals surface area contributed by atoms with Gasteiger partial charge in [-0.25, -0.2) is 0 Å². The van der Waals surface area contributed by atoms with E-state index in [0.717, 1.165) is 19.3 Å². The topological polar surface area (TPSA) is 51.0 Å². The quantitative estimate of drug-likeness (QED) is 0.371. The van der Waals surface area contributed by atoms with E-state index < -0.39 is 5.79 Å². The van der Waals surface area contributed by atoms with Gasteiger partial charge in [0.05, 0.1) is 0 Å². The van der Waals surface area contributed by atoms with Crippen LogP contribution in [0.15, 0.2) is 5.16 Å². The van der Waals surface area contributed by atoms with Crippen LogP contribution in [0.2, 0.25) is 0 Å². The fourth-order valence-electron chi connectivity index (χ4n) is 1.47. The molecule has 0 aromatic heterocycles. The van der Waals surface area contributed by atoms with Gasteiger partial charge in [0, 0.05) is 20.6 Å². The van der Waals surface area contributed by atoms with Crippen LogP contribution in [-0.4, -0.2) is 30.9 Å². The lowest BCUT2D eigenvalue weighted by molar-refractivity contribution is -0.152. The second kappa shape index (κ2) is 3.19. The molecule has 1 saturated carbocycles. The van der Waals surface area contributed by atoms with Crippen molar-refractivity contribution in [3.05, 3.63) is 0 Å². The highest BCUT2D eigenvalue weighted by atomic mass is 16.7. The molecule has 0 aromatic carbocycles. The second-order valence-corrected chi connectivity index (χ2v) is 2.56. The third-order valence-electron chi connectivity index (χ3n) is 2.14. The molecule has 1 aliphatic rings. The van der Waals surface area contributed by atoms with Crippen molar-refractivity contribution < 1.29 is 14.7 Å². The minimum absolute atomic E-state index is 0.586. The molecule has 0 heterocycles. The third kappa shape index (κ3) is 1.23. The zero-order valence-electron chi connectivity index (χ0n) is 6.83. The van der Waals surface area contributed by atoms with Crippen molar-refractivity contribution >= 4 is 5.71 Å². The molecule has 0 spiro atoms. The number of ether oxygens (including phenoxy) is 2. The van der Waals surface area contributed by atoms with Gasteiger partial charge in [0.1, 0.15) is 5.71 Å². The summed E-state index contributed by atoms with van der Waals surface area (Å²) < 4.78 is 10.3. The Hall–Kier alpha value is -0.610. The van der Waals surface area contributed by atoms with E-state index in [1.807, 2.05) is 0 Å². The van der Waals surface area contributed by atoms with Gasteiger partial charge in [-0.3, -0.25) is 0 Å². The van der Waals surface area contributed by atoms with Crippen LogP contribution in [0, 0.1) is 0 Å². The maximum absolute atomic E-state index is 8.59. The fraction of sp³-hybridized carbons (Fsp3) is 0.857. The summed E-state index contributed by atoms with van der Waals surface area (Å²) >= 11 is 0. The average Bonchev–Trinajstić information content (AvgIpc) is 2.47. The summed E-state index contributed by atoms with van der Waals surface area (Å²) in [4.78, 5) is 0. The minimum atomic E-state index is -0.755. The molecule has 1 rings (SSSR count). The van der Waals surface area contributed by atoms with Gasteiger partial charge in [-0.15, -0.1) is 0 Å². The third-order valence-corrected chi connectivity index (χ3v) is 2.14. The predicted molar refractivity (Wildman–Crippen MR) is 39.8 cm³/mol. The highest BCUT2D eigenvalue weighted by molar-refractivity contribution is 5.92. The zero-order chi connectivity index (χ0) is 8.32. The van der Waals surface area contributed by atoms with E-state index in [1.165, 1.54) is 0 Å². The van der Waals surface area contributed by atoms with Crippen LogP contribution in [0.5, 0.6) is 0 Å². The summed E-state index contributed by atoms with van der Waals surface area (Å²) in [5.41, 5.74) is 0.586. The highest BCUT2D eigenvalue weighted by Crippen LogP contribution is 2.30. The molecule has 0 aromatic rings. The van der Waals surface area contributed by atoms with Crippen molar-refractivity contribution in [1.82, 2.24) is 0 Å². The Bertz CT molecular complexity index is 163. The van der Waals surface area contributed by atoms with E-state index >= 15 is 0 Å². The van der Waals surface area contributed by atoms with Crippen LogP contribution in [0.25, 0.3) is 0 Å². The van der Waals surface area contributed by atoms with Crippen molar-refractivity contribution in [3.63, 3.8) is 0 Å². The standard InChI is InChI=1S/C7H13NO3/c1-10-7(11-2)5-3-4-6(7)8-9/h9H,3-5H2,1-2H3. The first-order chi connectivity index (χ1) is 5.29. The van der Waals surface area contributed by atoms with Crippen LogP contribution >= 0.6 is 0 Å². The highest BCUT2D eigenvalue weighted by Gasteiger charge is 2.41. The van der Waals surface area contributed by atoms with Crippen LogP contribution in [-0.2, 0) is 9.47 Å². The Morgan fingerprint density at radius 3 is 2.45 bits per heavy atom. The van der Waals surface area contributed by atoms with Gasteiger partial charge in [0.25, 0.3) is 0 Å². The van der Waals surface area contributed by atoms with Gasteiger partial charge in [-0.05, 0) is 12.8 Å². The van der Waals surface area contributed by atoms with E-state index in [0.29, 0.717) is 5.71 Å². The minimum Gasteiger partial charge on any atom is -0.411 e. The van der Waals surface area contributed by atoms with Crippen LogP contribution in [0.4, 0.5) is 0 Å². The number of nitrogens with zero attached hydrogens (tertiary/aromatic N) is 1. The first kappa shape index (κ1) is 8.49. The van der Waals surface area contributed by atoms with Gasteiger partial charge in [-0.1, -0.05) is 5.16 Å². The maximum atomic E-state index is 8.59. The Morgan fingerprint density at radius 1 is 1.45 bits per heavy atom. The molecule has 0 unspecified atom stereocenters. The lowest BCUT2D eigenvalue weighted by Gasteiger charge is -2.25. The Morgan fingerprint density at radius 2 is 2.09 bits per heavy atom. The second-order valence-electron chi connectivity index (χ2n) is 2.56. The molecule has 4 heteroatoms. The molecule has 1 aliphatic carbocycles. The molecule has 0 radical (unpaired) electrons.